The molecular weight excluding hydrogens is 520 g/mol. The number of piperidine rings is 2. The van der Waals surface area contributed by atoms with Crippen LogP contribution in [0, 0.1) is 6.92 Å². The number of carbonyl (C=O) groups excluding carboxylic acids is 1. The predicted molar refractivity (Wildman–Crippen MR) is 161 cm³/mol. The van der Waals surface area contributed by atoms with Crippen LogP contribution in [0.2, 0.25) is 5.02 Å². The molecule has 2 unspecified atom stereocenters. The number of hydrogen-bond donors (Lipinski definition) is 0. The van der Waals surface area contributed by atoms with Gasteiger partial charge in [0.25, 0.3) is 0 Å². The Morgan fingerprint density at radius 2 is 1.73 bits per heavy atom. The van der Waals surface area contributed by atoms with Crippen molar-refractivity contribution in [2.24, 2.45) is 0 Å². The number of aryl methyl sites for hydroxylation is 1. The Morgan fingerprint density at radius 3 is 2.40 bits per heavy atom. The standard InChI is InChI=1S/C33H43ClN4O2/c1-23-35-29-10-5-6-11-30(29)38(23)28-21-26-12-13-27(22-28)37(26)19-16-33(24-8-7-9-25(34)20-24)14-17-36(18-15-33)31(39)40-32(2,3)4/h5-11,20,26-28H,12-19,21-22H2,1-4H3. The number of imidazole rings is 1. The molecule has 1 aromatic heterocycles. The van der Waals surface area contributed by atoms with Gasteiger partial charge in [0.05, 0.1) is 11.0 Å². The number of benzene rings is 2. The first-order chi connectivity index (χ1) is 19.1. The highest BCUT2D eigenvalue weighted by molar-refractivity contribution is 6.30. The van der Waals surface area contributed by atoms with E-state index in [1.54, 1.807) is 0 Å². The summed E-state index contributed by atoms with van der Waals surface area (Å²) in [6.45, 7) is 10.5. The summed E-state index contributed by atoms with van der Waals surface area (Å²) in [6, 6.07) is 18.7. The highest BCUT2D eigenvalue weighted by atomic mass is 35.5. The second-order valence-electron chi connectivity index (χ2n) is 13.3. The molecule has 0 N–H and O–H groups in total. The minimum Gasteiger partial charge on any atom is -0.444 e. The molecule has 214 valence electrons. The zero-order valence-corrected chi connectivity index (χ0v) is 25.2. The van der Waals surface area contributed by atoms with Crippen LogP contribution in [-0.2, 0) is 10.2 Å². The number of aromatic nitrogens is 2. The van der Waals surface area contributed by atoms with Crippen molar-refractivity contribution in [2.45, 2.75) is 102 Å². The van der Waals surface area contributed by atoms with Crippen molar-refractivity contribution in [2.75, 3.05) is 19.6 Å². The third kappa shape index (κ3) is 5.37. The van der Waals surface area contributed by atoms with E-state index in [2.05, 4.69) is 58.9 Å². The fourth-order valence-electron chi connectivity index (χ4n) is 7.74. The Labute approximate surface area is 243 Å². The van der Waals surface area contributed by atoms with Gasteiger partial charge in [-0.3, -0.25) is 4.90 Å². The summed E-state index contributed by atoms with van der Waals surface area (Å²) in [5.74, 6) is 1.13. The Kier molecular flexibility index (Phi) is 7.37. The summed E-state index contributed by atoms with van der Waals surface area (Å²) in [7, 11) is 0. The van der Waals surface area contributed by atoms with Crippen molar-refractivity contribution >= 4 is 28.7 Å². The largest absolute Gasteiger partial charge is 0.444 e. The maximum Gasteiger partial charge on any atom is 0.410 e. The third-order valence-electron chi connectivity index (χ3n) is 9.65. The second kappa shape index (κ2) is 10.7. The number of halogens is 1. The van der Waals surface area contributed by atoms with E-state index in [1.807, 2.05) is 31.7 Å². The first-order valence-electron chi connectivity index (χ1n) is 15.1. The molecule has 2 aromatic carbocycles. The maximum absolute atomic E-state index is 12.8. The smallest absolute Gasteiger partial charge is 0.410 e. The lowest BCUT2D eigenvalue weighted by atomic mass is 9.70. The zero-order valence-electron chi connectivity index (χ0n) is 24.4. The lowest BCUT2D eigenvalue weighted by Gasteiger charge is -2.45. The molecule has 0 aliphatic carbocycles. The van der Waals surface area contributed by atoms with Gasteiger partial charge in [-0.2, -0.15) is 0 Å². The van der Waals surface area contributed by atoms with Gasteiger partial charge in [0.1, 0.15) is 11.4 Å². The van der Waals surface area contributed by atoms with E-state index in [1.165, 1.54) is 36.8 Å². The molecule has 0 radical (unpaired) electrons. The van der Waals surface area contributed by atoms with Gasteiger partial charge < -0.3 is 14.2 Å². The van der Waals surface area contributed by atoms with Crippen LogP contribution < -0.4 is 0 Å². The highest BCUT2D eigenvalue weighted by Gasteiger charge is 2.44. The zero-order chi connectivity index (χ0) is 28.1. The van der Waals surface area contributed by atoms with Gasteiger partial charge in [0.15, 0.2) is 0 Å². The molecule has 40 heavy (non-hydrogen) atoms. The Bertz CT molecular complexity index is 1360. The number of para-hydroxylation sites is 2. The van der Waals surface area contributed by atoms with Gasteiger partial charge in [0.2, 0.25) is 0 Å². The number of amides is 1. The average Bonchev–Trinajstić information content (AvgIpc) is 3.37. The van der Waals surface area contributed by atoms with E-state index in [0.717, 1.165) is 42.2 Å². The maximum atomic E-state index is 12.8. The van der Waals surface area contributed by atoms with Crippen molar-refractivity contribution in [3.63, 3.8) is 0 Å². The Morgan fingerprint density at radius 1 is 1.02 bits per heavy atom. The number of rotatable bonds is 5. The van der Waals surface area contributed by atoms with Gasteiger partial charge in [-0.1, -0.05) is 35.9 Å². The van der Waals surface area contributed by atoms with E-state index in [4.69, 9.17) is 21.3 Å². The number of fused-ring (bicyclic) bond motifs is 3. The molecule has 0 spiro atoms. The molecule has 4 heterocycles. The molecule has 2 bridgehead atoms. The van der Waals surface area contributed by atoms with E-state index in [9.17, 15) is 4.79 Å². The van der Waals surface area contributed by atoms with Crippen molar-refractivity contribution in [1.82, 2.24) is 19.4 Å². The van der Waals surface area contributed by atoms with E-state index < -0.39 is 5.60 Å². The summed E-state index contributed by atoms with van der Waals surface area (Å²) in [6.07, 6.45) is 7.68. The monoisotopic (exact) mass is 562 g/mol. The first-order valence-corrected chi connectivity index (χ1v) is 15.4. The third-order valence-corrected chi connectivity index (χ3v) is 9.89. The normalized spacial score (nSPS) is 24.9. The number of nitrogens with zero attached hydrogens (tertiary/aromatic N) is 4. The van der Waals surface area contributed by atoms with Crippen LogP contribution in [0.4, 0.5) is 4.79 Å². The Balaban J connectivity index is 1.17. The van der Waals surface area contributed by atoms with Crippen molar-refractivity contribution in [3.8, 4) is 0 Å². The SMILES string of the molecule is Cc1nc2ccccc2n1C1CC2CCC(C1)N2CCC1(c2cccc(Cl)c2)CCN(C(=O)OC(C)(C)C)CC1. The lowest BCUT2D eigenvalue weighted by Crippen LogP contribution is -2.49. The molecule has 3 aliphatic rings. The molecule has 1 amide bonds. The van der Waals surface area contributed by atoms with Gasteiger partial charge in [-0.15, -0.1) is 0 Å². The topological polar surface area (TPSA) is 50.6 Å². The Hall–Kier alpha value is -2.57. The van der Waals surface area contributed by atoms with Crippen LogP contribution in [-0.4, -0.2) is 62.8 Å². The fraction of sp³-hybridized carbons (Fsp3) is 0.576. The molecule has 7 heteroatoms. The number of ether oxygens (including phenoxy) is 1. The number of likely N-dealkylation sites (tertiary alicyclic amines) is 1. The number of hydrogen-bond acceptors (Lipinski definition) is 4. The van der Waals surface area contributed by atoms with Gasteiger partial charge in [-0.25, -0.2) is 9.78 Å². The quantitative estimate of drug-likeness (QED) is 0.322. The first kappa shape index (κ1) is 27.6. The van der Waals surface area contributed by atoms with Crippen LogP contribution in [0.1, 0.15) is 83.1 Å². The molecule has 3 aromatic rings. The van der Waals surface area contributed by atoms with Gasteiger partial charge in [-0.05, 0) is 114 Å². The molecule has 3 aliphatic heterocycles. The van der Waals surface area contributed by atoms with Crippen molar-refractivity contribution in [3.05, 3.63) is 64.9 Å². The predicted octanol–water partition coefficient (Wildman–Crippen LogP) is 7.53. The fourth-order valence-corrected chi connectivity index (χ4v) is 7.93. The van der Waals surface area contributed by atoms with Crippen LogP contribution in [0.3, 0.4) is 0 Å². The van der Waals surface area contributed by atoms with Crippen LogP contribution in [0.5, 0.6) is 0 Å². The molecule has 0 saturated carbocycles. The molecular formula is C33H43ClN4O2. The summed E-state index contributed by atoms with van der Waals surface area (Å²) in [5, 5.41) is 0.787. The van der Waals surface area contributed by atoms with Gasteiger partial charge >= 0.3 is 6.09 Å². The summed E-state index contributed by atoms with van der Waals surface area (Å²) in [4.78, 5) is 22.4. The molecule has 6 nitrogen and oxygen atoms in total. The van der Waals surface area contributed by atoms with E-state index in [-0.39, 0.29) is 11.5 Å². The molecule has 3 saturated heterocycles. The van der Waals surface area contributed by atoms with Crippen LogP contribution in [0.25, 0.3) is 11.0 Å². The molecule has 6 rings (SSSR count). The molecule has 2 atom stereocenters. The van der Waals surface area contributed by atoms with Crippen LogP contribution >= 0.6 is 11.6 Å². The molecule has 3 fully saturated rings. The van der Waals surface area contributed by atoms with Gasteiger partial charge in [0, 0.05) is 36.2 Å². The van der Waals surface area contributed by atoms with Crippen LogP contribution in [0.15, 0.2) is 48.5 Å². The van der Waals surface area contributed by atoms with Crippen molar-refractivity contribution < 1.29 is 9.53 Å². The minimum atomic E-state index is -0.481. The summed E-state index contributed by atoms with van der Waals surface area (Å²) < 4.78 is 8.20. The average molecular weight is 563 g/mol. The second-order valence-corrected chi connectivity index (χ2v) is 13.7. The van der Waals surface area contributed by atoms with E-state index >= 15 is 0 Å². The lowest BCUT2D eigenvalue weighted by molar-refractivity contribution is 0.0144. The van der Waals surface area contributed by atoms with E-state index in [0.29, 0.717) is 31.2 Å². The minimum absolute atomic E-state index is 0.0108. The summed E-state index contributed by atoms with van der Waals surface area (Å²) in [5.41, 5.74) is 3.22. The summed E-state index contributed by atoms with van der Waals surface area (Å²) >= 11 is 6.50. The number of carbonyl (C=O) groups is 1. The van der Waals surface area contributed by atoms with Crippen molar-refractivity contribution in [1.29, 1.82) is 0 Å². The highest BCUT2D eigenvalue weighted by Crippen LogP contribution is 2.45.